The molecule has 0 heterocycles. The summed E-state index contributed by atoms with van der Waals surface area (Å²) in [6.07, 6.45) is -1.50. The molecule has 1 rings (SSSR count). The number of nitrogens with zero attached hydrogens (tertiary/aromatic N) is 1. The van der Waals surface area contributed by atoms with E-state index < -0.39 is 28.2 Å². The first-order valence-electron chi connectivity index (χ1n) is 3.94. The molecule has 0 radical (unpaired) electrons. The van der Waals surface area contributed by atoms with E-state index in [4.69, 9.17) is 10.2 Å². The molecule has 0 unspecified atom stereocenters. The maximum absolute atomic E-state index is 10.8. The Morgan fingerprint density at radius 1 is 1.31 bits per heavy atom. The number of rotatable bonds is 3. The van der Waals surface area contributed by atoms with Crippen molar-refractivity contribution in [2.45, 2.75) is 0 Å². The van der Waals surface area contributed by atoms with Gasteiger partial charge in [-0.2, -0.15) is 0 Å². The highest BCUT2D eigenvalue weighted by atomic mass is 16.6. The van der Waals surface area contributed by atoms with Gasteiger partial charge in [0.25, 0.3) is 5.69 Å². The second-order valence-corrected chi connectivity index (χ2v) is 2.69. The first-order valence-corrected chi connectivity index (χ1v) is 3.94. The first-order chi connectivity index (χ1) is 7.43. The van der Waals surface area contributed by atoms with Gasteiger partial charge in [0.05, 0.1) is 10.6 Å². The van der Waals surface area contributed by atoms with Crippen molar-refractivity contribution in [1.82, 2.24) is 0 Å². The van der Waals surface area contributed by atoms with Gasteiger partial charge in [-0.1, -0.05) is 6.07 Å². The van der Waals surface area contributed by atoms with Gasteiger partial charge in [-0.25, -0.2) is 9.59 Å². The highest BCUT2D eigenvalue weighted by Crippen LogP contribution is 2.26. The van der Waals surface area contributed by atoms with Crippen molar-refractivity contribution >= 4 is 23.4 Å². The third-order valence-electron chi connectivity index (χ3n) is 1.69. The van der Waals surface area contributed by atoms with Gasteiger partial charge in [0, 0.05) is 6.07 Å². The Hall–Kier alpha value is -2.64. The normalized spacial score (nSPS) is 9.50. The molecule has 0 aliphatic rings. The maximum atomic E-state index is 10.8. The number of aromatic carboxylic acids is 1. The Kier molecular flexibility index (Phi) is 3.04. The fourth-order valence-electron chi connectivity index (χ4n) is 1.14. The average molecular weight is 226 g/mol. The Morgan fingerprint density at radius 2 is 1.94 bits per heavy atom. The largest absolute Gasteiger partial charge is 0.477 e. The number of carboxylic acid groups (broad SMARTS) is 2. The van der Waals surface area contributed by atoms with Crippen molar-refractivity contribution in [3.05, 3.63) is 33.9 Å². The van der Waals surface area contributed by atoms with Crippen molar-refractivity contribution in [1.29, 1.82) is 0 Å². The average Bonchev–Trinajstić information content (AvgIpc) is 2.15. The van der Waals surface area contributed by atoms with Gasteiger partial charge in [0.15, 0.2) is 5.56 Å². The van der Waals surface area contributed by atoms with Crippen LogP contribution in [0.3, 0.4) is 0 Å². The molecule has 0 bridgehead atoms. The molecule has 0 atom stereocenters. The minimum atomic E-state index is -1.57. The Morgan fingerprint density at radius 3 is 2.38 bits per heavy atom. The fraction of sp³-hybridized carbons (Fsp3) is 0. The molecule has 0 aromatic heterocycles. The summed E-state index contributed by atoms with van der Waals surface area (Å²) in [5, 5.41) is 29.5. The number of benzene rings is 1. The second-order valence-electron chi connectivity index (χ2n) is 2.69. The highest BCUT2D eigenvalue weighted by molar-refractivity contribution is 6.01. The smallest absolute Gasteiger partial charge is 0.409 e. The zero-order chi connectivity index (χ0) is 12.3. The molecule has 1 aromatic carbocycles. The Bertz CT molecular complexity index is 470. The number of nitro benzene ring substituents is 1. The fourth-order valence-corrected chi connectivity index (χ4v) is 1.14. The molecule has 3 N–H and O–H groups in total. The molecule has 0 spiro atoms. The highest BCUT2D eigenvalue weighted by Gasteiger charge is 2.24. The molecule has 1 amide bonds. The standard InChI is InChI=1S/C8H6N2O6/c11-7(12)6-4(9-8(13)14)2-1-3-5(6)10(15)16/h1-3,9H,(H,11,12)(H,13,14). The van der Waals surface area contributed by atoms with Crippen LogP contribution >= 0.6 is 0 Å². The van der Waals surface area contributed by atoms with Gasteiger partial charge < -0.3 is 10.2 Å². The van der Waals surface area contributed by atoms with Crippen LogP contribution in [0.1, 0.15) is 10.4 Å². The van der Waals surface area contributed by atoms with E-state index in [1.54, 1.807) is 5.32 Å². The van der Waals surface area contributed by atoms with E-state index in [0.29, 0.717) is 0 Å². The van der Waals surface area contributed by atoms with Gasteiger partial charge in [-0.05, 0) is 6.07 Å². The van der Waals surface area contributed by atoms with Crippen molar-refractivity contribution in [2.24, 2.45) is 0 Å². The van der Waals surface area contributed by atoms with Crippen molar-refractivity contribution in [2.75, 3.05) is 5.32 Å². The number of hydrogen-bond donors (Lipinski definition) is 3. The summed E-state index contributed by atoms with van der Waals surface area (Å²) >= 11 is 0. The lowest BCUT2D eigenvalue weighted by Crippen LogP contribution is -2.13. The van der Waals surface area contributed by atoms with Gasteiger partial charge in [-0.15, -0.1) is 0 Å². The van der Waals surface area contributed by atoms with Crippen LogP contribution < -0.4 is 5.32 Å². The molecular weight excluding hydrogens is 220 g/mol. The molecule has 0 fully saturated rings. The van der Waals surface area contributed by atoms with Crippen molar-refractivity contribution in [3.63, 3.8) is 0 Å². The minimum absolute atomic E-state index is 0.339. The van der Waals surface area contributed by atoms with Gasteiger partial charge in [0.1, 0.15) is 0 Å². The van der Waals surface area contributed by atoms with E-state index in [1.165, 1.54) is 6.07 Å². The van der Waals surface area contributed by atoms with E-state index in [9.17, 15) is 19.7 Å². The molecule has 8 nitrogen and oxygen atoms in total. The molecule has 0 saturated heterocycles. The monoisotopic (exact) mass is 226 g/mol. The third-order valence-corrected chi connectivity index (χ3v) is 1.69. The Labute approximate surface area is 88.3 Å². The zero-order valence-electron chi connectivity index (χ0n) is 7.71. The predicted molar refractivity (Wildman–Crippen MR) is 51.7 cm³/mol. The van der Waals surface area contributed by atoms with Crippen LogP contribution in [0.5, 0.6) is 0 Å². The lowest BCUT2D eigenvalue weighted by molar-refractivity contribution is -0.385. The van der Waals surface area contributed by atoms with Crippen molar-refractivity contribution in [3.8, 4) is 0 Å². The van der Waals surface area contributed by atoms with Crippen LogP contribution in [0.15, 0.2) is 18.2 Å². The molecule has 0 aliphatic carbocycles. The van der Waals surface area contributed by atoms with E-state index in [2.05, 4.69) is 0 Å². The van der Waals surface area contributed by atoms with Crippen LogP contribution in [-0.4, -0.2) is 27.2 Å². The van der Waals surface area contributed by atoms with Crippen LogP contribution in [0.25, 0.3) is 0 Å². The van der Waals surface area contributed by atoms with Gasteiger partial charge >= 0.3 is 12.1 Å². The summed E-state index contributed by atoms with van der Waals surface area (Å²) in [5.74, 6) is -1.57. The molecule has 16 heavy (non-hydrogen) atoms. The molecule has 0 saturated carbocycles. The Balaban J connectivity index is 3.38. The quantitative estimate of drug-likeness (QED) is 0.527. The molecule has 8 heteroatoms. The molecule has 1 aromatic rings. The summed E-state index contributed by atoms with van der Waals surface area (Å²) in [7, 11) is 0. The zero-order valence-corrected chi connectivity index (χ0v) is 7.71. The van der Waals surface area contributed by atoms with Crippen molar-refractivity contribution < 1.29 is 24.7 Å². The van der Waals surface area contributed by atoms with E-state index in [-0.39, 0.29) is 5.69 Å². The molecule has 0 aliphatic heterocycles. The van der Waals surface area contributed by atoms with E-state index >= 15 is 0 Å². The number of amides is 1. The first kappa shape index (κ1) is 11.4. The number of carbonyl (C=O) groups is 2. The van der Waals surface area contributed by atoms with Crippen LogP contribution in [0.2, 0.25) is 0 Å². The van der Waals surface area contributed by atoms with Crippen LogP contribution in [-0.2, 0) is 0 Å². The lowest BCUT2D eigenvalue weighted by atomic mass is 10.1. The molecule has 84 valence electrons. The van der Waals surface area contributed by atoms with Crippen LogP contribution in [0.4, 0.5) is 16.2 Å². The number of hydrogen-bond acceptors (Lipinski definition) is 4. The minimum Gasteiger partial charge on any atom is -0.477 e. The molecular formula is C8H6N2O6. The third kappa shape index (κ3) is 2.23. The number of anilines is 1. The van der Waals surface area contributed by atoms with E-state index in [0.717, 1.165) is 12.1 Å². The van der Waals surface area contributed by atoms with Crippen LogP contribution in [0, 0.1) is 10.1 Å². The summed E-state index contributed by atoms with van der Waals surface area (Å²) in [6, 6.07) is 3.30. The number of nitro groups is 1. The van der Waals surface area contributed by atoms with Gasteiger partial charge in [-0.3, -0.25) is 15.4 Å². The summed E-state index contributed by atoms with van der Waals surface area (Å²) < 4.78 is 0. The summed E-state index contributed by atoms with van der Waals surface area (Å²) in [4.78, 5) is 30.8. The second kappa shape index (κ2) is 4.26. The SMILES string of the molecule is O=C(O)Nc1cccc([N+](=O)[O-])c1C(=O)O. The predicted octanol–water partition coefficient (Wildman–Crippen LogP) is 1.38. The lowest BCUT2D eigenvalue weighted by Gasteiger charge is -2.05. The number of nitrogens with one attached hydrogen (secondary N) is 1. The number of carboxylic acids is 1. The maximum Gasteiger partial charge on any atom is 0.409 e. The summed E-state index contributed by atoms with van der Waals surface area (Å²) in [5.41, 5.74) is -1.69. The summed E-state index contributed by atoms with van der Waals surface area (Å²) in [6.45, 7) is 0. The van der Waals surface area contributed by atoms with Gasteiger partial charge in [0.2, 0.25) is 0 Å². The topological polar surface area (TPSA) is 130 Å². The van der Waals surface area contributed by atoms with E-state index in [1.807, 2.05) is 0 Å².